The summed E-state index contributed by atoms with van der Waals surface area (Å²) in [5.74, 6) is 0.747. The van der Waals surface area contributed by atoms with Crippen molar-refractivity contribution in [2.75, 3.05) is 38.7 Å². The van der Waals surface area contributed by atoms with Crippen LogP contribution in [0.4, 0.5) is 10.6 Å². The minimum Gasteiger partial charge on any atom is -0.383 e. The molecule has 11 heteroatoms. The molecule has 5 rings (SSSR count). The van der Waals surface area contributed by atoms with Crippen LogP contribution in [-0.2, 0) is 18.8 Å². The first kappa shape index (κ1) is 24.7. The van der Waals surface area contributed by atoms with Crippen LogP contribution < -0.4 is 10.6 Å². The molecule has 0 unspecified atom stereocenters. The predicted octanol–water partition coefficient (Wildman–Crippen LogP) is 2.55. The van der Waals surface area contributed by atoms with Gasteiger partial charge in [0.15, 0.2) is 0 Å². The predicted molar refractivity (Wildman–Crippen MR) is 141 cm³/mol. The number of hydrogen-bond donors (Lipinski definition) is 2. The van der Waals surface area contributed by atoms with Crippen molar-refractivity contribution in [1.29, 1.82) is 0 Å². The number of aromatic nitrogens is 6. The van der Waals surface area contributed by atoms with Gasteiger partial charge in [-0.2, -0.15) is 15.3 Å². The zero-order chi connectivity index (χ0) is 25.9. The summed E-state index contributed by atoms with van der Waals surface area (Å²) in [6.45, 7) is 4.97. The Morgan fingerprint density at radius 1 is 1.08 bits per heavy atom. The molecule has 2 amide bonds. The monoisotopic (exact) mass is 503 g/mol. The molecule has 0 aliphatic carbocycles. The van der Waals surface area contributed by atoms with Gasteiger partial charge < -0.3 is 10.1 Å². The number of nitrogens with zero attached hydrogens (tertiary/aromatic N) is 7. The van der Waals surface area contributed by atoms with Gasteiger partial charge in [-0.1, -0.05) is 18.2 Å². The van der Waals surface area contributed by atoms with Gasteiger partial charge in [-0.05, 0) is 24.6 Å². The van der Waals surface area contributed by atoms with Gasteiger partial charge in [-0.25, -0.2) is 9.48 Å². The maximum absolute atomic E-state index is 13.4. The molecule has 2 N–H and O–H groups in total. The van der Waals surface area contributed by atoms with E-state index in [1.54, 1.807) is 27.4 Å². The SMILES string of the molecule is COCCN1C[C@@H](NC(=O)Nc2c(C)c(-c3cnn(C)c3)nn2-c2ccccc2)[C@H](c2cnn(C)c2)C1. The second-order valence-electron chi connectivity index (χ2n) is 9.48. The first-order chi connectivity index (χ1) is 17.9. The highest BCUT2D eigenvalue weighted by Crippen LogP contribution is 2.31. The van der Waals surface area contributed by atoms with Crippen molar-refractivity contribution in [1.82, 2.24) is 39.6 Å². The number of carbonyl (C=O) groups is 1. The van der Waals surface area contributed by atoms with Crippen molar-refractivity contribution in [2.45, 2.75) is 18.9 Å². The molecule has 1 fully saturated rings. The summed E-state index contributed by atoms with van der Waals surface area (Å²) in [5.41, 5.74) is 4.49. The summed E-state index contributed by atoms with van der Waals surface area (Å²) in [5, 5.41) is 19.8. The number of benzene rings is 1. The lowest BCUT2D eigenvalue weighted by Crippen LogP contribution is -2.42. The summed E-state index contributed by atoms with van der Waals surface area (Å²) in [6.07, 6.45) is 7.60. The maximum atomic E-state index is 13.4. The summed E-state index contributed by atoms with van der Waals surface area (Å²) in [7, 11) is 5.48. The fraction of sp³-hybridized carbons (Fsp3) is 0.385. The molecule has 0 radical (unpaired) electrons. The molecule has 1 aromatic carbocycles. The van der Waals surface area contributed by atoms with E-state index in [4.69, 9.17) is 9.84 Å². The van der Waals surface area contributed by atoms with E-state index >= 15 is 0 Å². The standard InChI is InChI=1S/C26H33N9O2/c1-18-24(20-13-28-33(3)15-20)31-35(21-8-6-5-7-9-21)25(18)30-26(36)29-23-17-34(10-11-37-4)16-22(23)19-12-27-32(2)14-19/h5-9,12-15,22-23H,10-11,16-17H2,1-4H3,(H2,29,30,36)/t22-,23+/m0/s1. The maximum Gasteiger partial charge on any atom is 0.320 e. The number of methoxy groups -OCH3 is 1. The average molecular weight is 504 g/mol. The molecule has 1 saturated heterocycles. The Kier molecular flexibility index (Phi) is 7.06. The summed E-state index contributed by atoms with van der Waals surface area (Å²) < 4.78 is 10.6. The topological polar surface area (TPSA) is 107 Å². The van der Waals surface area contributed by atoms with Crippen LogP contribution in [0.3, 0.4) is 0 Å². The van der Waals surface area contributed by atoms with Crippen LogP contribution in [0.1, 0.15) is 17.0 Å². The average Bonchev–Trinajstić information content (AvgIpc) is 3.67. The smallest absolute Gasteiger partial charge is 0.320 e. The summed E-state index contributed by atoms with van der Waals surface area (Å²) >= 11 is 0. The van der Waals surface area contributed by atoms with E-state index < -0.39 is 0 Å². The molecule has 0 saturated carbocycles. The molecule has 3 aromatic heterocycles. The van der Waals surface area contributed by atoms with Crippen LogP contribution in [-0.4, -0.2) is 79.7 Å². The second kappa shape index (κ2) is 10.6. The molecule has 11 nitrogen and oxygen atoms in total. The minimum atomic E-state index is -0.273. The number of hydrogen-bond acceptors (Lipinski definition) is 6. The van der Waals surface area contributed by atoms with E-state index in [9.17, 15) is 4.79 Å². The number of nitrogens with one attached hydrogen (secondary N) is 2. The number of aryl methyl sites for hydroxylation is 2. The molecule has 1 aliphatic rings. The van der Waals surface area contributed by atoms with E-state index in [1.807, 2.05) is 69.9 Å². The van der Waals surface area contributed by atoms with Crippen molar-refractivity contribution in [3.05, 3.63) is 66.2 Å². The largest absolute Gasteiger partial charge is 0.383 e. The normalized spacial score (nSPS) is 17.8. The van der Waals surface area contributed by atoms with E-state index in [2.05, 4.69) is 25.7 Å². The highest BCUT2D eigenvalue weighted by Gasteiger charge is 2.35. The van der Waals surface area contributed by atoms with Gasteiger partial charge in [0.05, 0.1) is 30.7 Å². The van der Waals surface area contributed by atoms with Gasteiger partial charge in [-0.15, -0.1) is 0 Å². The number of likely N-dealkylation sites (tertiary alicyclic amines) is 1. The third-order valence-electron chi connectivity index (χ3n) is 6.81. The summed E-state index contributed by atoms with van der Waals surface area (Å²) in [4.78, 5) is 15.7. The third kappa shape index (κ3) is 5.27. The van der Waals surface area contributed by atoms with Gasteiger partial charge in [0.25, 0.3) is 0 Å². The van der Waals surface area contributed by atoms with Crippen LogP contribution in [0.15, 0.2) is 55.1 Å². The Labute approximate surface area is 216 Å². The Hall–Kier alpha value is -3.96. The lowest BCUT2D eigenvalue weighted by atomic mass is 9.97. The number of rotatable bonds is 8. The number of anilines is 1. The van der Waals surface area contributed by atoms with Gasteiger partial charge in [0, 0.05) is 70.3 Å². The van der Waals surface area contributed by atoms with Crippen molar-refractivity contribution in [2.24, 2.45) is 14.1 Å². The lowest BCUT2D eigenvalue weighted by molar-refractivity contribution is 0.159. The lowest BCUT2D eigenvalue weighted by Gasteiger charge is -2.20. The van der Waals surface area contributed by atoms with Crippen LogP contribution in [0.2, 0.25) is 0 Å². The van der Waals surface area contributed by atoms with E-state index in [0.29, 0.717) is 12.4 Å². The molecule has 37 heavy (non-hydrogen) atoms. The molecular weight excluding hydrogens is 470 g/mol. The molecular formula is C26H33N9O2. The number of para-hydroxylation sites is 1. The molecule has 0 bridgehead atoms. The van der Waals surface area contributed by atoms with Gasteiger partial charge in [0.1, 0.15) is 11.5 Å². The molecule has 1 aliphatic heterocycles. The zero-order valence-corrected chi connectivity index (χ0v) is 21.6. The quantitative estimate of drug-likeness (QED) is 0.383. The van der Waals surface area contributed by atoms with Crippen molar-refractivity contribution < 1.29 is 9.53 Å². The van der Waals surface area contributed by atoms with Gasteiger partial charge >= 0.3 is 6.03 Å². The molecule has 194 valence electrons. The third-order valence-corrected chi connectivity index (χ3v) is 6.81. The van der Waals surface area contributed by atoms with Crippen molar-refractivity contribution in [3.8, 4) is 16.9 Å². The van der Waals surface area contributed by atoms with Gasteiger partial charge in [0.2, 0.25) is 0 Å². The first-order valence-electron chi connectivity index (χ1n) is 12.3. The van der Waals surface area contributed by atoms with Crippen LogP contribution in [0.5, 0.6) is 0 Å². The minimum absolute atomic E-state index is 0.0766. The van der Waals surface area contributed by atoms with Crippen LogP contribution >= 0.6 is 0 Å². The molecule has 4 aromatic rings. The zero-order valence-electron chi connectivity index (χ0n) is 21.6. The van der Waals surface area contributed by atoms with Gasteiger partial charge in [-0.3, -0.25) is 19.6 Å². The Bertz CT molecular complexity index is 1360. The van der Waals surface area contributed by atoms with E-state index in [-0.39, 0.29) is 18.0 Å². The molecule has 0 spiro atoms. The first-order valence-corrected chi connectivity index (χ1v) is 12.3. The Morgan fingerprint density at radius 2 is 1.84 bits per heavy atom. The van der Waals surface area contributed by atoms with Crippen molar-refractivity contribution in [3.63, 3.8) is 0 Å². The van der Waals surface area contributed by atoms with E-state index in [0.717, 1.165) is 47.7 Å². The molecule has 2 atom stereocenters. The number of ether oxygens (including phenoxy) is 1. The highest BCUT2D eigenvalue weighted by molar-refractivity contribution is 5.91. The Morgan fingerprint density at radius 3 is 2.51 bits per heavy atom. The second-order valence-corrected chi connectivity index (χ2v) is 9.48. The number of amides is 2. The number of urea groups is 1. The van der Waals surface area contributed by atoms with E-state index in [1.165, 1.54) is 0 Å². The van der Waals surface area contributed by atoms with Crippen LogP contribution in [0.25, 0.3) is 16.9 Å². The summed E-state index contributed by atoms with van der Waals surface area (Å²) in [6, 6.07) is 9.43. The fourth-order valence-corrected chi connectivity index (χ4v) is 4.93. The molecule has 4 heterocycles. The van der Waals surface area contributed by atoms with Crippen molar-refractivity contribution >= 4 is 11.8 Å². The Balaban J connectivity index is 1.40. The van der Waals surface area contributed by atoms with Crippen LogP contribution in [0, 0.1) is 6.92 Å². The highest BCUT2D eigenvalue weighted by atomic mass is 16.5. The number of carbonyl (C=O) groups excluding carboxylic acids is 1. The fourth-order valence-electron chi connectivity index (χ4n) is 4.93.